The maximum Gasteiger partial charge on any atom is 0.316 e. The van der Waals surface area contributed by atoms with Crippen LogP contribution in [-0.4, -0.2) is 42.5 Å². The van der Waals surface area contributed by atoms with Gasteiger partial charge in [-0.05, 0) is 74.9 Å². The van der Waals surface area contributed by atoms with Crippen LogP contribution in [0.2, 0.25) is 0 Å². The number of rotatable bonds is 6. The maximum atomic E-state index is 13.7. The Balaban J connectivity index is 1.18. The monoisotopic (exact) mass is 492 g/mol. The van der Waals surface area contributed by atoms with Crippen molar-refractivity contribution >= 4 is 17.6 Å². The molecule has 3 fully saturated rings. The molecular weight excluding hydrogens is 455 g/mol. The van der Waals surface area contributed by atoms with E-state index >= 15 is 0 Å². The van der Waals surface area contributed by atoms with Crippen LogP contribution in [0.1, 0.15) is 63.4 Å². The van der Waals surface area contributed by atoms with E-state index in [-0.39, 0.29) is 30.3 Å². The number of likely N-dealkylation sites (tertiary alicyclic amines) is 1. The molecule has 192 valence electrons. The standard InChI is InChI=1S/C30H37FN2O3/c31-24-11-8-12-25(20-24)32-28(34)21-33-17-13-22-19-27(26(22)14-18-33)36-29(35)30(15-6-1-2-7-16-30)23-9-4-3-5-10-23/h3-5,8-12,20,22,26-27H,1-2,6-7,13-19,21H2,(H,32,34)/t22?,26?,27-/m0/s1. The highest BCUT2D eigenvalue weighted by molar-refractivity contribution is 5.92. The lowest BCUT2D eigenvalue weighted by Crippen LogP contribution is -2.48. The van der Waals surface area contributed by atoms with Gasteiger partial charge in [0.25, 0.3) is 0 Å². The predicted octanol–water partition coefficient (Wildman–Crippen LogP) is 5.70. The average molecular weight is 493 g/mol. The summed E-state index contributed by atoms with van der Waals surface area (Å²) in [4.78, 5) is 28.4. The summed E-state index contributed by atoms with van der Waals surface area (Å²) in [5, 5.41) is 2.79. The van der Waals surface area contributed by atoms with Gasteiger partial charge in [-0.25, -0.2) is 4.39 Å². The van der Waals surface area contributed by atoms with Gasteiger partial charge in [0.15, 0.2) is 0 Å². The number of nitrogens with one attached hydrogen (secondary N) is 1. The van der Waals surface area contributed by atoms with Crippen molar-refractivity contribution in [3.05, 3.63) is 66.0 Å². The van der Waals surface area contributed by atoms with Gasteiger partial charge in [-0.3, -0.25) is 14.5 Å². The number of hydrogen-bond donors (Lipinski definition) is 1. The molecule has 3 aliphatic rings. The number of esters is 1. The van der Waals surface area contributed by atoms with Crippen LogP contribution in [0.3, 0.4) is 0 Å². The SMILES string of the molecule is O=C(CN1CCC2C[C@H](OC(=O)C3(c4ccccc4)CCCCCC3)C2CC1)Nc1cccc(F)c1. The van der Waals surface area contributed by atoms with Gasteiger partial charge in [-0.15, -0.1) is 0 Å². The van der Waals surface area contributed by atoms with Crippen molar-refractivity contribution in [2.75, 3.05) is 25.0 Å². The van der Waals surface area contributed by atoms with E-state index < -0.39 is 5.41 Å². The normalized spacial score (nSPS) is 26.0. The minimum absolute atomic E-state index is 0.0209. The molecule has 1 aliphatic heterocycles. The molecule has 2 aromatic rings. The molecular formula is C30H37FN2O3. The number of anilines is 1. The minimum atomic E-state index is -0.519. The number of halogens is 1. The van der Waals surface area contributed by atoms with Crippen LogP contribution in [0.25, 0.3) is 0 Å². The fraction of sp³-hybridized carbons (Fsp3) is 0.533. The molecule has 0 aromatic heterocycles. The number of nitrogens with zero attached hydrogens (tertiary/aromatic N) is 1. The van der Waals surface area contributed by atoms with Crippen LogP contribution in [0, 0.1) is 17.7 Å². The highest BCUT2D eigenvalue weighted by atomic mass is 19.1. The summed E-state index contributed by atoms with van der Waals surface area (Å²) in [5.74, 6) is 0.382. The second kappa shape index (κ2) is 11.1. The van der Waals surface area contributed by atoms with Crippen LogP contribution in [0.15, 0.2) is 54.6 Å². The van der Waals surface area contributed by atoms with Gasteiger partial charge in [-0.2, -0.15) is 0 Å². The first-order chi connectivity index (χ1) is 17.5. The third-order valence-corrected chi connectivity index (χ3v) is 8.62. The van der Waals surface area contributed by atoms with E-state index in [0.29, 0.717) is 17.5 Å². The lowest BCUT2D eigenvalue weighted by molar-refractivity contribution is -0.171. The van der Waals surface area contributed by atoms with Crippen LogP contribution >= 0.6 is 0 Å². The quantitative estimate of drug-likeness (QED) is 0.415. The Labute approximate surface area is 213 Å². The molecule has 2 aliphatic carbocycles. The van der Waals surface area contributed by atoms with Crippen molar-refractivity contribution in [2.24, 2.45) is 11.8 Å². The number of fused-ring (bicyclic) bond motifs is 1. The van der Waals surface area contributed by atoms with E-state index in [1.807, 2.05) is 18.2 Å². The fourth-order valence-corrected chi connectivity index (χ4v) is 6.51. The molecule has 36 heavy (non-hydrogen) atoms. The Morgan fingerprint density at radius 1 is 0.972 bits per heavy atom. The summed E-state index contributed by atoms with van der Waals surface area (Å²) < 4.78 is 19.7. The molecule has 1 N–H and O–H groups in total. The van der Waals surface area contributed by atoms with Gasteiger partial charge >= 0.3 is 5.97 Å². The first-order valence-electron chi connectivity index (χ1n) is 13.6. The highest BCUT2D eigenvalue weighted by Crippen LogP contribution is 2.46. The maximum absolute atomic E-state index is 13.7. The van der Waals surface area contributed by atoms with E-state index in [9.17, 15) is 14.0 Å². The smallest absolute Gasteiger partial charge is 0.316 e. The Morgan fingerprint density at radius 3 is 2.47 bits per heavy atom. The van der Waals surface area contributed by atoms with Gasteiger partial charge in [0.05, 0.1) is 12.0 Å². The van der Waals surface area contributed by atoms with E-state index in [0.717, 1.165) is 63.6 Å². The molecule has 0 radical (unpaired) electrons. The van der Waals surface area contributed by atoms with Crippen LogP contribution in [0.5, 0.6) is 0 Å². The van der Waals surface area contributed by atoms with Crippen molar-refractivity contribution in [3.8, 4) is 0 Å². The molecule has 2 saturated carbocycles. The molecule has 0 bridgehead atoms. The van der Waals surface area contributed by atoms with Crippen molar-refractivity contribution in [1.82, 2.24) is 4.90 Å². The zero-order valence-corrected chi connectivity index (χ0v) is 21.0. The van der Waals surface area contributed by atoms with Crippen molar-refractivity contribution in [2.45, 2.75) is 69.3 Å². The molecule has 6 heteroatoms. The molecule has 2 unspecified atom stereocenters. The number of hydrogen-bond acceptors (Lipinski definition) is 4. The largest absolute Gasteiger partial charge is 0.461 e. The number of benzene rings is 2. The summed E-state index contributed by atoms with van der Waals surface area (Å²) in [6.45, 7) is 1.94. The molecule has 3 atom stereocenters. The Hall–Kier alpha value is -2.73. The van der Waals surface area contributed by atoms with Gasteiger partial charge in [0.2, 0.25) is 5.91 Å². The van der Waals surface area contributed by atoms with E-state index in [4.69, 9.17) is 4.74 Å². The average Bonchev–Trinajstić information content (AvgIpc) is 3.21. The lowest BCUT2D eigenvalue weighted by Gasteiger charge is -2.45. The zero-order valence-electron chi connectivity index (χ0n) is 21.0. The molecule has 1 amide bonds. The van der Waals surface area contributed by atoms with Gasteiger partial charge in [0, 0.05) is 11.6 Å². The van der Waals surface area contributed by atoms with Crippen LogP contribution < -0.4 is 5.32 Å². The first kappa shape index (κ1) is 24.9. The van der Waals surface area contributed by atoms with Crippen molar-refractivity contribution in [3.63, 3.8) is 0 Å². The van der Waals surface area contributed by atoms with Gasteiger partial charge < -0.3 is 10.1 Å². The summed E-state index contributed by atoms with van der Waals surface area (Å²) in [7, 11) is 0. The Kier molecular flexibility index (Phi) is 7.70. The van der Waals surface area contributed by atoms with E-state index in [1.165, 1.54) is 25.0 Å². The number of amides is 1. The lowest BCUT2D eigenvalue weighted by atomic mass is 9.68. The molecule has 5 nitrogen and oxygen atoms in total. The van der Waals surface area contributed by atoms with Crippen LogP contribution in [-0.2, 0) is 19.7 Å². The zero-order chi connectivity index (χ0) is 25.0. The van der Waals surface area contributed by atoms with Crippen molar-refractivity contribution in [1.29, 1.82) is 0 Å². The molecule has 0 spiro atoms. The second-order valence-electron chi connectivity index (χ2n) is 10.9. The topological polar surface area (TPSA) is 58.6 Å². The molecule has 1 heterocycles. The summed E-state index contributed by atoms with van der Waals surface area (Å²) in [6, 6.07) is 16.2. The second-order valence-corrected chi connectivity index (χ2v) is 10.9. The number of carbonyl (C=O) groups excluding carboxylic acids is 2. The Morgan fingerprint density at radius 2 is 1.72 bits per heavy atom. The first-order valence-corrected chi connectivity index (χ1v) is 13.6. The molecule has 2 aromatic carbocycles. The highest BCUT2D eigenvalue weighted by Gasteiger charge is 2.48. The van der Waals surface area contributed by atoms with Crippen LogP contribution in [0.4, 0.5) is 10.1 Å². The third-order valence-electron chi connectivity index (χ3n) is 8.62. The summed E-state index contributed by atoms with van der Waals surface area (Å²) in [6.07, 6.45) is 9.05. The Bertz CT molecular complexity index is 1050. The summed E-state index contributed by atoms with van der Waals surface area (Å²) >= 11 is 0. The molecule has 1 saturated heterocycles. The third kappa shape index (κ3) is 5.49. The van der Waals surface area contributed by atoms with Crippen molar-refractivity contribution < 1.29 is 18.7 Å². The van der Waals surface area contributed by atoms with Gasteiger partial charge in [0.1, 0.15) is 11.9 Å². The summed E-state index contributed by atoms with van der Waals surface area (Å²) in [5.41, 5.74) is 1.06. The fourth-order valence-electron chi connectivity index (χ4n) is 6.51. The number of carbonyl (C=O) groups is 2. The van der Waals surface area contributed by atoms with E-state index in [1.54, 1.807) is 12.1 Å². The molecule has 5 rings (SSSR count). The van der Waals surface area contributed by atoms with Gasteiger partial charge in [-0.1, -0.05) is 62.1 Å². The number of ether oxygens (including phenoxy) is 1. The predicted molar refractivity (Wildman–Crippen MR) is 138 cm³/mol. The van der Waals surface area contributed by atoms with E-state index in [2.05, 4.69) is 22.3 Å². The minimum Gasteiger partial charge on any atom is -0.461 e.